The first-order valence-corrected chi connectivity index (χ1v) is 9.73. The monoisotopic (exact) mass is 360 g/mol. The molecule has 2 aromatic carbocycles. The zero-order valence-corrected chi connectivity index (χ0v) is 15.9. The Balaban J connectivity index is 1.59. The van der Waals surface area contributed by atoms with E-state index in [1.165, 1.54) is 11.1 Å². The van der Waals surface area contributed by atoms with Crippen molar-refractivity contribution in [2.75, 3.05) is 0 Å². The highest BCUT2D eigenvalue weighted by Crippen LogP contribution is 2.58. The maximum atomic E-state index is 13.3. The molecule has 3 unspecified atom stereocenters. The fourth-order valence-corrected chi connectivity index (χ4v) is 5.71. The SMILES string of the molecule is Cc1cc(C)c(C2=C(O)[C@@H]3C4OC(CC4c4ccccc4)[C@@H]3C2=O)c(C)c1. The van der Waals surface area contributed by atoms with Crippen molar-refractivity contribution in [3.63, 3.8) is 0 Å². The molecule has 0 radical (unpaired) electrons. The highest BCUT2D eigenvalue weighted by Gasteiger charge is 2.62. The number of aryl methyl sites for hydroxylation is 3. The third-order valence-electron chi connectivity index (χ3n) is 6.63. The predicted molar refractivity (Wildman–Crippen MR) is 105 cm³/mol. The number of allylic oxidation sites excluding steroid dienone is 1. The number of aliphatic hydroxyl groups excluding tert-OH is 1. The van der Waals surface area contributed by atoms with E-state index in [9.17, 15) is 9.90 Å². The van der Waals surface area contributed by atoms with Gasteiger partial charge in [-0.2, -0.15) is 0 Å². The summed E-state index contributed by atoms with van der Waals surface area (Å²) in [5.74, 6) is 0.105. The second kappa shape index (κ2) is 5.80. The van der Waals surface area contributed by atoms with Crippen molar-refractivity contribution >= 4 is 11.4 Å². The Hall–Kier alpha value is -2.39. The molecule has 138 valence electrons. The summed E-state index contributed by atoms with van der Waals surface area (Å²) in [4.78, 5) is 13.3. The van der Waals surface area contributed by atoms with Crippen molar-refractivity contribution in [2.24, 2.45) is 11.8 Å². The summed E-state index contributed by atoms with van der Waals surface area (Å²) in [5.41, 5.74) is 5.96. The normalized spacial score (nSPS) is 31.7. The van der Waals surface area contributed by atoms with Crippen LogP contribution in [0.15, 0.2) is 48.2 Å². The Morgan fingerprint density at radius 1 is 1.00 bits per heavy atom. The number of carbonyl (C=O) groups is 1. The number of aliphatic hydroxyl groups is 1. The summed E-state index contributed by atoms with van der Waals surface area (Å²) in [7, 11) is 0. The minimum Gasteiger partial charge on any atom is -0.511 e. The van der Waals surface area contributed by atoms with Crippen molar-refractivity contribution in [3.8, 4) is 0 Å². The topological polar surface area (TPSA) is 46.5 Å². The Bertz CT molecular complexity index is 949. The number of hydrogen-bond acceptors (Lipinski definition) is 3. The summed E-state index contributed by atoms with van der Waals surface area (Å²) < 4.78 is 6.20. The van der Waals surface area contributed by atoms with Crippen molar-refractivity contribution in [3.05, 3.63) is 76.0 Å². The number of carbonyl (C=O) groups excluding carboxylic acids is 1. The van der Waals surface area contributed by atoms with E-state index in [-0.39, 0.29) is 41.5 Å². The van der Waals surface area contributed by atoms with Gasteiger partial charge in [-0.05, 0) is 49.4 Å². The zero-order chi connectivity index (χ0) is 18.9. The summed E-state index contributed by atoms with van der Waals surface area (Å²) in [5, 5.41) is 11.2. The van der Waals surface area contributed by atoms with Gasteiger partial charge in [0, 0.05) is 5.92 Å². The van der Waals surface area contributed by atoms with Gasteiger partial charge in [0.15, 0.2) is 5.78 Å². The smallest absolute Gasteiger partial charge is 0.173 e. The van der Waals surface area contributed by atoms with Crippen LogP contribution in [-0.4, -0.2) is 23.1 Å². The Morgan fingerprint density at radius 2 is 1.67 bits per heavy atom. The second-order valence-electron chi connectivity index (χ2n) is 8.34. The van der Waals surface area contributed by atoms with E-state index in [1.807, 2.05) is 32.0 Å². The molecule has 3 aliphatic rings. The lowest BCUT2D eigenvalue weighted by molar-refractivity contribution is -0.118. The average Bonchev–Trinajstić information content (AvgIpc) is 3.29. The molecule has 1 aliphatic carbocycles. The minimum absolute atomic E-state index is 0.0616. The molecule has 5 atom stereocenters. The largest absolute Gasteiger partial charge is 0.511 e. The van der Waals surface area contributed by atoms with Crippen LogP contribution in [-0.2, 0) is 9.53 Å². The van der Waals surface area contributed by atoms with Gasteiger partial charge in [0.05, 0.1) is 29.6 Å². The molecule has 5 rings (SSSR count). The molecule has 2 fully saturated rings. The van der Waals surface area contributed by atoms with Crippen LogP contribution in [0.3, 0.4) is 0 Å². The summed E-state index contributed by atoms with van der Waals surface area (Å²) in [6, 6.07) is 14.5. The number of benzene rings is 2. The summed E-state index contributed by atoms with van der Waals surface area (Å²) >= 11 is 0. The van der Waals surface area contributed by atoms with Crippen LogP contribution in [0, 0.1) is 32.6 Å². The van der Waals surface area contributed by atoms with E-state index >= 15 is 0 Å². The van der Waals surface area contributed by atoms with Crippen LogP contribution in [0.25, 0.3) is 5.57 Å². The maximum Gasteiger partial charge on any atom is 0.173 e. The van der Waals surface area contributed by atoms with Gasteiger partial charge in [0.1, 0.15) is 5.76 Å². The van der Waals surface area contributed by atoms with Gasteiger partial charge in [0.2, 0.25) is 0 Å². The van der Waals surface area contributed by atoms with E-state index in [1.54, 1.807) is 0 Å². The molecule has 0 spiro atoms. The van der Waals surface area contributed by atoms with Crippen LogP contribution in [0.1, 0.15) is 40.2 Å². The van der Waals surface area contributed by atoms with Gasteiger partial charge in [-0.25, -0.2) is 0 Å². The third kappa shape index (κ3) is 2.28. The summed E-state index contributed by atoms with van der Waals surface area (Å²) in [6.45, 7) is 6.10. The highest BCUT2D eigenvalue weighted by molar-refractivity contribution is 6.26. The average molecular weight is 360 g/mol. The fourth-order valence-electron chi connectivity index (χ4n) is 5.71. The summed E-state index contributed by atoms with van der Waals surface area (Å²) in [6.07, 6.45) is 0.645. The lowest BCUT2D eigenvalue weighted by Gasteiger charge is -2.27. The lowest BCUT2D eigenvalue weighted by Crippen LogP contribution is -2.33. The molecule has 2 bridgehead atoms. The second-order valence-corrected chi connectivity index (χ2v) is 8.34. The van der Waals surface area contributed by atoms with Crippen molar-refractivity contribution in [1.29, 1.82) is 0 Å². The molecular formula is C24H24O3. The Kier molecular flexibility index (Phi) is 3.60. The van der Waals surface area contributed by atoms with Crippen LogP contribution < -0.4 is 0 Å². The van der Waals surface area contributed by atoms with Crippen molar-refractivity contribution in [2.45, 2.75) is 45.3 Å². The molecule has 27 heavy (non-hydrogen) atoms. The predicted octanol–water partition coefficient (Wildman–Crippen LogP) is 4.65. The van der Waals surface area contributed by atoms with E-state index in [0.717, 1.165) is 23.1 Å². The molecule has 2 aromatic rings. The third-order valence-corrected chi connectivity index (χ3v) is 6.63. The van der Waals surface area contributed by atoms with Crippen LogP contribution in [0.4, 0.5) is 0 Å². The Morgan fingerprint density at radius 3 is 2.33 bits per heavy atom. The fraction of sp³-hybridized carbons (Fsp3) is 0.375. The Labute approximate surface area is 159 Å². The van der Waals surface area contributed by atoms with Gasteiger partial charge in [-0.3, -0.25) is 4.79 Å². The molecular weight excluding hydrogens is 336 g/mol. The molecule has 0 aromatic heterocycles. The number of Topliss-reactive ketones (excluding diaryl/α,β-unsaturated/α-hetero) is 1. The highest BCUT2D eigenvalue weighted by atomic mass is 16.5. The number of ketones is 1. The van der Waals surface area contributed by atoms with Gasteiger partial charge in [-0.15, -0.1) is 0 Å². The lowest BCUT2D eigenvalue weighted by atomic mass is 9.72. The van der Waals surface area contributed by atoms with Gasteiger partial charge < -0.3 is 9.84 Å². The molecule has 3 heteroatoms. The quantitative estimate of drug-likeness (QED) is 0.848. The number of ether oxygens (including phenoxy) is 1. The first kappa shape index (κ1) is 16.8. The van der Waals surface area contributed by atoms with Crippen LogP contribution >= 0.6 is 0 Å². The first-order valence-electron chi connectivity index (χ1n) is 9.73. The van der Waals surface area contributed by atoms with E-state index in [2.05, 4.69) is 31.2 Å². The molecule has 1 N–H and O–H groups in total. The van der Waals surface area contributed by atoms with E-state index < -0.39 is 0 Å². The molecule has 0 amide bonds. The number of hydrogen-bond donors (Lipinski definition) is 1. The molecule has 2 aliphatic heterocycles. The maximum absolute atomic E-state index is 13.3. The molecule has 3 nitrogen and oxygen atoms in total. The first-order chi connectivity index (χ1) is 13.0. The van der Waals surface area contributed by atoms with E-state index in [4.69, 9.17) is 4.74 Å². The number of fused-ring (bicyclic) bond motifs is 5. The number of rotatable bonds is 2. The molecule has 2 saturated heterocycles. The van der Waals surface area contributed by atoms with Crippen LogP contribution in [0.5, 0.6) is 0 Å². The molecule has 2 heterocycles. The van der Waals surface area contributed by atoms with Gasteiger partial charge >= 0.3 is 0 Å². The standard InChI is InChI=1S/C24H24O3/c1-12-9-13(2)18(14(3)10-12)20-22(25)19-17-11-16(15-7-5-4-6-8-15)24(27-17)21(19)23(20)26/h4-10,16-17,19,21,24,26H,11H2,1-3H3/t16?,17?,19-,21+,24?/m0/s1. The van der Waals surface area contributed by atoms with Gasteiger partial charge in [-0.1, -0.05) is 48.0 Å². The van der Waals surface area contributed by atoms with E-state index in [0.29, 0.717) is 5.57 Å². The molecule has 0 saturated carbocycles. The minimum atomic E-state index is -0.231. The van der Waals surface area contributed by atoms with Crippen molar-refractivity contribution in [1.82, 2.24) is 0 Å². The van der Waals surface area contributed by atoms with Crippen molar-refractivity contribution < 1.29 is 14.6 Å². The zero-order valence-electron chi connectivity index (χ0n) is 15.9. The van der Waals surface area contributed by atoms with Crippen LogP contribution in [0.2, 0.25) is 0 Å². The van der Waals surface area contributed by atoms with Gasteiger partial charge in [0.25, 0.3) is 0 Å².